The Morgan fingerprint density at radius 1 is 0.887 bits per heavy atom. The second-order valence-corrected chi connectivity index (χ2v) is 17.3. The number of hydrogen-bond donors (Lipinski definition) is 3. The van der Waals surface area contributed by atoms with Gasteiger partial charge in [0, 0.05) is 65.9 Å². The Bertz CT molecular complexity index is 2550. The van der Waals surface area contributed by atoms with Gasteiger partial charge >= 0.3 is 6.16 Å². The topological polar surface area (TPSA) is 238 Å². The maximum atomic E-state index is 15.9. The molecule has 0 aliphatic carbocycles. The van der Waals surface area contributed by atoms with Crippen molar-refractivity contribution >= 4 is 57.6 Å². The number of nitrogens with one attached hydrogen (secondary N) is 2. The lowest BCUT2D eigenvalue weighted by atomic mass is 9.93. The highest BCUT2D eigenvalue weighted by Crippen LogP contribution is 2.38. The lowest BCUT2D eigenvalue weighted by molar-refractivity contribution is -0.132. The summed E-state index contributed by atoms with van der Waals surface area (Å²) in [5, 5.41) is 14.4. The van der Waals surface area contributed by atoms with Crippen molar-refractivity contribution in [1.29, 1.82) is 0 Å². The average Bonchev–Trinajstić information content (AvgIpc) is 3.38. The van der Waals surface area contributed by atoms with Gasteiger partial charge in [-0.05, 0) is 66.4 Å². The van der Waals surface area contributed by atoms with E-state index in [-0.39, 0.29) is 84.6 Å². The zero-order chi connectivity index (χ0) is 50.7. The third kappa shape index (κ3) is 15.8. The van der Waals surface area contributed by atoms with E-state index in [1.165, 1.54) is 31.6 Å². The summed E-state index contributed by atoms with van der Waals surface area (Å²) >= 11 is 6.69. The number of benzene rings is 3. The van der Waals surface area contributed by atoms with Gasteiger partial charge in [-0.2, -0.15) is 0 Å². The molecule has 1 saturated heterocycles. The van der Waals surface area contributed by atoms with E-state index in [1.54, 1.807) is 31.2 Å². The molecule has 1 aliphatic rings. The Hall–Kier alpha value is -6.42. The molecule has 1 aliphatic heterocycles. The molecule has 0 bridgehead atoms. The third-order valence-corrected chi connectivity index (χ3v) is 11.7. The average molecular weight is 1000 g/mol. The number of morpholine rings is 1. The van der Waals surface area contributed by atoms with Gasteiger partial charge in [0.1, 0.15) is 31.1 Å². The second-order valence-electron chi connectivity index (χ2n) is 16.9. The Kier molecular flexibility index (Phi) is 20.7. The predicted octanol–water partition coefficient (Wildman–Crippen LogP) is 6.24. The number of nitrogens with zero attached hydrogens (tertiary/aromatic N) is 5. The SMILES string of the molecule is COc1ccc([C@@H](OC(=O)OCc2ccc(NC(=O)[C@H](C)CCC(=O)[C@@H](NC(=O)COCCOCCOCCN)C(C)C)cc2)c2cc(-c3ncnc4cc(N5CCOCC5)ccc34)c(F)cc2Cl)nn1. The molecule has 0 saturated carbocycles. The number of carbonyl (C=O) groups excluding carboxylic acids is 4. The largest absolute Gasteiger partial charge is 0.509 e. The summed E-state index contributed by atoms with van der Waals surface area (Å²) in [6.07, 6.45) is -0.720. The summed E-state index contributed by atoms with van der Waals surface area (Å²) in [6, 6.07) is 17.2. The number of amides is 2. The lowest BCUT2D eigenvalue weighted by Crippen LogP contribution is -2.46. The molecule has 1 fully saturated rings. The summed E-state index contributed by atoms with van der Waals surface area (Å²) < 4.78 is 53.9. The molecule has 0 unspecified atom stereocenters. The first-order chi connectivity index (χ1) is 34.3. The van der Waals surface area contributed by atoms with E-state index in [1.807, 2.05) is 32.0 Å². The quantitative estimate of drug-likeness (QED) is 0.0410. The number of hydrogen-bond acceptors (Lipinski definition) is 17. The van der Waals surface area contributed by atoms with Gasteiger partial charge in [0.2, 0.25) is 17.7 Å². The summed E-state index contributed by atoms with van der Waals surface area (Å²) in [5.74, 6) is -2.11. The molecule has 0 spiro atoms. The molecule has 6 rings (SSSR count). The first kappa shape index (κ1) is 53.9. The normalized spacial score (nSPS) is 13.9. The summed E-state index contributed by atoms with van der Waals surface area (Å²) in [6.45, 7) is 9.78. The minimum atomic E-state index is -1.31. The number of ether oxygens (including phenoxy) is 7. The standard InChI is InChI=1S/C50H60ClFN8O11/c1-31(2)46(57-44(62)29-69-24-23-68-22-21-66-18-15-53)43(61)13-5-32(3)49(63)56-34-8-6-33(7-9-34)28-70-50(64)71-48(41-12-14-45(65-4)59-58-41)37-26-38(40(52)27-39(37)51)47-36-11-10-35(25-42(36)54-30-55-47)60-16-19-67-20-17-60/h6-12,14,25-27,30-32,46,48H,5,13,15-24,28-29,53H2,1-4H3,(H,56,63)(H,57,62)/t32-,46+,48+/m1/s1. The van der Waals surface area contributed by atoms with Crippen molar-refractivity contribution < 1.29 is 56.7 Å². The molecular formula is C50H60ClFN8O11. The minimum Gasteiger partial charge on any atom is -0.480 e. The highest BCUT2D eigenvalue weighted by molar-refractivity contribution is 6.31. The Labute approximate surface area is 416 Å². The molecule has 3 aromatic carbocycles. The smallest absolute Gasteiger partial charge is 0.480 e. The Balaban J connectivity index is 1.03. The summed E-state index contributed by atoms with van der Waals surface area (Å²) in [5.41, 5.74) is 8.68. The maximum Gasteiger partial charge on any atom is 0.509 e. The number of nitrogens with two attached hydrogens (primary N) is 1. The molecule has 19 nitrogen and oxygen atoms in total. The van der Waals surface area contributed by atoms with Gasteiger partial charge < -0.3 is 54.4 Å². The molecule has 3 atom stereocenters. The van der Waals surface area contributed by atoms with Crippen molar-refractivity contribution in [3.8, 4) is 17.1 Å². The second kappa shape index (κ2) is 27.3. The van der Waals surface area contributed by atoms with Crippen LogP contribution in [0.1, 0.15) is 56.5 Å². The fourth-order valence-electron chi connectivity index (χ4n) is 7.48. The molecule has 380 valence electrons. The number of Topliss-reactive ketones (excluding diaryl/α,β-unsaturated/α-hetero) is 1. The number of aromatic nitrogens is 4. The Morgan fingerprint density at radius 2 is 1.62 bits per heavy atom. The van der Waals surface area contributed by atoms with E-state index < -0.39 is 35.9 Å². The van der Waals surface area contributed by atoms with Gasteiger partial charge in [0.25, 0.3) is 0 Å². The van der Waals surface area contributed by atoms with Crippen LogP contribution >= 0.6 is 11.6 Å². The van der Waals surface area contributed by atoms with Crippen LogP contribution in [0.15, 0.2) is 73.1 Å². The molecular weight excluding hydrogens is 943 g/mol. The van der Waals surface area contributed by atoms with E-state index in [0.717, 1.165) is 24.8 Å². The van der Waals surface area contributed by atoms with E-state index in [9.17, 15) is 19.2 Å². The fourth-order valence-corrected chi connectivity index (χ4v) is 7.73. The van der Waals surface area contributed by atoms with E-state index in [4.69, 9.17) is 50.5 Å². The number of ketones is 1. The highest BCUT2D eigenvalue weighted by Gasteiger charge is 2.29. The van der Waals surface area contributed by atoms with Gasteiger partial charge in [-0.25, -0.2) is 19.2 Å². The number of methoxy groups -OCH3 is 1. The Morgan fingerprint density at radius 3 is 2.31 bits per heavy atom. The monoisotopic (exact) mass is 1000 g/mol. The van der Waals surface area contributed by atoms with Gasteiger partial charge in [0.15, 0.2) is 11.9 Å². The van der Waals surface area contributed by atoms with Crippen molar-refractivity contribution in [3.05, 3.63) is 101 Å². The van der Waals surface area contributed by atoms with Crippen LogP contribution in [0.3, 0.4) is 0 Å². The first-order valence-corrected chi connectivity index (χ1v) is 23.7. The molecule has 2 amide bonds. The van der Waals surface area contributed by atoms with E-state index in [0.29, 0.717) is 67.4 Å². The van der Waals surface area contributed by atoms with Crippen molar-refractivity contribution in [2.45, 2.75) is 52.4 Å². The van der Waals surface area contributed by atoms with Gasteiger partial charge in [-0.3, -0.25) is 14.4 Å². The zero-order valence-electron chi connectivity index (χ0n) is 40.2. The van der Waals surface area contributed by atoms with Gasteiger partial charge in [0.05, 0.1) is 75.6 Å². The molecule has 3 heterocycles. The van der Waals surface area contributed by atoms with Crippen molar-refractivity contribution in [3.63, 3.8) is 0 Å². The van der Waals surface area contributed by atoms with Crippen LogP contribution in [0.2, 0.25) is 5.02 Å². The first-order valence-electron chi connectivity index (χ1n) is 23.3. The van der Waals surface area contributed by atoms with Crippen LogP contribution < -0.4 is 26.0 Å². The molecule has 5 aromatic rings. The lowest BCUT2D eigenvalue weighted by Gasteiger charge is -2.29. The fraction of sp³-hybridized carbons (Fsp3) is 0.440. The maximum absolute atomic E-state index is 15.9. The molecule has 2 aromatic heterocycles. The van der Waals surface area contributed by atoms with Crippen LogP contribution in [0.4, 0.5) is 20.6 Å². The van der Waals surface area contributed by atoms with Crippen molar-refractivity contribution in [1.82, 2.24) is 25.5 Å². The third-order valence-electron chi connectivity index (χ3n) is 11.4. The van der Waals surface area contributed by atoms with Crippen LogP contribution in [0, 0.1) is 17.7 Å². The predicted molar refractivity (Wildman–Crippen MR) is 261 cm³/mol. The van der Waals surface area contributed by atoms with Gasteiger partial charge in [-0.1, -0.05) is 44.5 Å². The van der Waals surface area contributed by atoms with Crippen LogP contribution in [0.25, 0.3) is 22.2 Å². The van der Waals surface area contributed by atoms with Crippen LogP contribution in [0.5, 0.6) is 5.88 Å². The van der Waals surface area contributed by atoms with Crippen molar-refractivity contribution in [2.75, 3.05) is 89.8 Å². The summed E-state index contributed by atoms with van der Waals surface area (Å²) in [7, 11) is 1.43. The number of anilines is 2. The zero-order valence-corrected chi connectivity index (χ0v) is 41.0. The molecule has 21 heteroatoms. The van der Waals surface area contributed by atoms with Gasteiger partial charge in [-0.15, -0.1) is 10.2 Å². The summed E-state index contributed by atoms with van der Waals surface area (Å²) in [4.78, 5) is 63.4. The molecule has 0 radical (unpaired) electrons. The minimum absolute atomic E-state index is 0.0571. The van der Waals surface area contributed by atoms with E-state index in [2.05, 4.69) is 35.7 Å². The molecule has 71 heavy (non-hydrogen) atoms. The van der Waals surface area contributed by atoms with Crippen molar-refractivity contribution in [2.24, 2.45) is 17.6 Å². The number of halogens is 2. The van der Waals surface area contributed by atoms with E-state index >= 15 is 4.39 Å². The van der Waals surface area contributed by atoms with Crippen LogP contribution in [-0.2, 0) is 49.4 Å². The number of fused-ring (bicyclic) bond motifs is 1. The van der Waals surface area contributed by atoms with Crippen LogP contribution in [-0.4, -0.2) is 130 Å². The number of rotatable bonds is 26. The number of carbonyl (C=O) groups is 4. The highest BCUT2D eigenvalue weighted by atomic mass is 35.5. The molecule has 4 N–H and O–H groups in total.